The fourth-order valence-electron chi connectivity index (χ4n) is 5.47. The van der Waals surface area contributed by atoms with Gasteiger partial charge in [0.05, 0.1) is 18.9 Å². The molecule has 0 radical (unpaired) electrons. The van der Waals surface area contributed by atoms with Crippen molar-refractivity contribution in [1.82, 2.24) is 15.0 Å². The lowest BCUT2D eigenvalue weighted by Crippen LogP contribution is -2.35. The number of piperidine rings is 1. The largest absolute Gasteiger partial charge is 0.493 e. The summed E-state index contributed by atoms with van der Waals surface area (Å²) < 4.78 is 11.6. The SMILES string of the molecule is CON=C1CCN(C(=O)C2CC=C(c3ccc(OCC4CCN(c5nc(C(C)C)no5)CC4)cc3)CC2)C1. The molecule has 0 spiro atoms. The summed E-state index contributed by atoms with van der Waals surface area (Å²) in [7, 11) is 1.55. The van der Waals surface area contributed by atoms with Crippen LogP contribution in [0.15, 0.2) is 40.0 Å². The van der Waals surface area contributed by atoms with Crippen molar-refractivity contribution < 1.29 is 18.9 Å². The quantitative estimate of drug-likeness (QED) is 0.456. The van der Waals surface area contributed by atoms with Crippen LogP contribution in [0.2, 0.25) is 0 Å². The van der Waals surface area contributed by atoms with Gasteiger partial charge in [0.15, 0.2) is 5.82 Å². The van der Waals surface area contributed by atoms with E-state index in [4.69, 9.17) is 14.1 Å². The minimum absolute atomic E-state index is 0.0618. The van der Waals surface area contributed by atoms with Gasteiger partial charge in [-0.2, -0.15) is 4.98 Å². The number of carbonyl (C=O) groups is 1. The first-order valence-corrected chi connectivity index (χ1v) is 13.9. The Kier molecular flexibility index (Phi) is 8.29. The number of likely N-dealkylation sites (tertiary alicyclic amines) is 1. The average molecular weight is 522 g/mol. The molecule has 1 aromatic heterocycles. The van der Waals surface area contributed by atoms with Crippen LogP contribution in [-0.2, 0) is 9.63 Å². The lowest BCUT2D eigenvalue weighted by molar-refractivity contribution is -0.134. The van der Waals surface area contributed by atoms with Gasteiger partial charge >= 0.3 is 6.01 Å². The van der Waals surface area contributed by atoms with E-state index in [1.54, 1.807) is 7.11 Å². The van der Waals surface area contributed by atoms with Gasteiger partial charge in [0.25, 0.3) is 0 Å². The number of hydrogen-bond acceptors (Lipinski definition) is 8. The van der Waals surface area contributed by atoms with E-state index in [1.807, 2.05) is 4.90 Å². The number of amides is 1. The van der Waals surface area contributed by atoms with Crippen molar-refractivity contribution in [2.24, 2.45) is 17.0 Å². The van der Waals surface area contributed by atoms with Crippen LogP contribution in [-0.4, -0.2) is 66.6 Å². The van der Waals surface area contributed by atoms with E-state index >= 15 is 0 Å². The van der Waals surface area contributed by atoms with E-state index in [2.05, 4.69) is 64.4 Å². The highest BCUT2D eigenvalue weighted by molar-refractivity contribution is 5.93. The molecule has 9 heteroatoms. The molecule has 0 N–H and O–H groups in total. The molecule has 1 amide bonds. The number of rotatable bonds is 8. The van der Waals surface area contributed by atoms with Crippen molar-refractivity contribution in [3.63, 3.8) is 0 Å². The predicted octanol–water partition coefficient (Wildman–Crippen LogP) is 4.91. The number of hydrogen-bond donors (Lipinski definition) is 0. The molecule has 2 fully saturated rings. The van der Waals surface area contributed by atoms with E-state index < -0.39 is 0 Å². The molecule has 2 aromatic rings. The van der Waals surface area contributed by atoms with Crippen LogP contribution in [0.1, 0.15) is 69.7 Å². The molecular formula is C29H39N5O4. The minimum Gasteiger partial charge on any atom is -0.493 e. The van der Waals surface area contributed by atoms with Crippen LogP contribution in [0.25, 0.3) is 5.57 Å². The Morgan fingerprint density at radius 3 is 2.58 bits per heavy atom. The van der Waals surface area contributed by atoms with Gasteiger partial charge in [0, 0.05) is 37.9 Å². The lowest BCUT2D eigenvalue weighted by atomic mass is 9.86. The van der Waals surface area contributed by atoms with Crippen molar-refractivity contribution >= 4 is 23.2 Å². The van der Waals surface area contributed by atoms with Crippen LogP contribution >= 0.6 is 0 Å². The monoisotopic (exact) mass is 521 g/mol. The summed E-state index contributed by atoms with van der Waals surface area (Å²) in [5, 5.41) is 8.09. The number of ether oxygens (including phenoxy) is 1. The van der Waals surface area contributed by atoms with Gasteiger partial charge in [-0.05, 0) is 61.3 Å². The summed E-state index contributed by atoms with van der Waals surface area (Å²) in [6.07, 6.45) is 7.73. The zero-order chi connectivity index (χ0) is 26.5. The molecule has 0 saturated carbocycles. The summed E-state index contributed by atoms with van der Waals surface area (Å²) in [5.41, 5.74) is 3.48. The van der Waals surface area contributed by atoms with Gasteiger partial charge in [0.2, 0.25) is 5.91 Å². The zero-order valence-corrected chi connectivity index (χ0v) is 22.8. The molecule has 3 aliphatic rings. The van der Waals surface area contributed by atoms with Crippen LogP contribution < -0.4 is 9.64 Å². The van der Waals surface area contributed by atoms with E-state index in [0.29, 0.717) is 25.1 Å². The van der Waals surface area contributed by atoms with E-state index in [9.17, 15) is 4.79 Å². The van der Waals surface area contributed by atoms with E-state index in [0.717, 1.165) is 75.4 Å². The molecule has 2 saturated heterocycles. The van der Waals surface area contributed by atoms with Crippen LogP contribution in [0.3, 0.4) is 0 Å². The van der Waals surface area contributed by atoms with Gasteiger partial charge in [-0.15, -0.1) is 0 Å². The highest BCUT2D eigenvalue weighted by atomic mass is 16.6. The van der Waals surface area contributed by atoms with Gasteiger partial charge in [0.1, 0.15) is 12.9 Å². The van der Waals surface area contributed by atoms with E-state index in [-0.39, 0.29) is 17.7 Å². The topological polar surface area (TPSA) is 93.3 Å². The molecule has 3 heterocycles. The summed E-state index contributed by atoms with van der Waals surface area (Å²) in [6.45, 7) is 8.01. The maximum absolute atomic E-state index is 12.9. The van der Waals surface area contributed by atoms with Crippen molar-refractivity contribution in [2.75, 3.05) is 44.8 Å². The molecule has 1 aliphatic carbocycles. The van der Waals surface area contributed by atoms with Gasteiger partial charge in [-0.1, -0.05) is 42.4 Å². The third-order valence-corrected chi connectivity index (χ3v) is 7.88. The molecule has 1 aromatic carbocycles. The zero-order valence-electron chi connectivity index (χ0n) is 22.8. The van der Waals surface area contributed by atoms with Crippen LogP contribution in [0, 0.1) is 11.8 Å². The minimum atomic E-state index is 0.0618. The number of allylic oxidation sites excluding steroid dienone is 2. The second-order valence-corrected chi connectivity index (χ2v) is 10.9. The normalized spacial score (nSPS) is 21.7. The van der Waals surface area contributed by atoms with Crippen molar-refractivity contribution in [3.05, 3.63) is 41.7 Å². The first-order valence-electron chi connectivity index (χ1n) is 13.9. The summed E-state index contributed by atoms with van der Waals surface area (Å²) in [5.74, 6) is 2.76. The first-order chi connectivity index (χ1) is 18.5. The Morgan fingerprint density at radius 1 is 1.13 bits per heavy atom. The number of benzene rings is 1. The molecule has 5 rings (SSSR count). The molecule has 38 heavy (non-hydrogen) atoms. The van der Waals surface area contributed by atoms with Crippen molar-refractivity contribution in [2.45, 2.75) is 58.3 Å². The number of nitrogens with zero attached hydrogens (tertiary/aromatic N) is 5. The number of aromatic nitrogens is 2. The Hall–Kier alpha value is -3.36. The van der Waals surface area contributed by atoms with Gasteiger partial charge in [-0.25, -0.2) is 0 Å². The Labute approximate surface area is 224 Å². The molecule has 204 valence electrons. The maximum atomic E-state index is 12.9. The highest BCUT2D eigenvalue weighted by Crippen LogP contribution is 2.33. The van der Waals surface area contributed by atoms with Gasteiger partial charge in [-0.3, -0.25) is 4.79 Å². The number of anilines is 1. The first kappa shape index (κ1) is 26.3. The van der Waals surface area contributed by atoms with Crippen molar-refractivity contribution in [3.8, 4) is 5.75 Å². The number of oxime groups is 1. The third kappa shape index (κ3) is 6.19. The summed E-state index contributed by atoms with van der Waals surface area (Å²) >= 11 is 0. The summed E-state index contributed by atoms with van der Waals surface area (Å²) in [4.78, 5) is 26.4. The average Bonchev–Trinajstić information content (AvgIpc) is 3.63. The molecule has 0 bridgehead atoms. The molecule has 2 aliphatic heterocycles. The number of carbonyl (C=O) groups excluding carboxylic acids is 1. The summed E-state index contributed by atoms with van der Waals surface area (Å²) in [6, 6.07) is 9.05. The Balaban J connectivity index is 1.06. The molecule has 1 unspecified atom stereocenters. The van der Waals surface area contributed by atoms with Crippen molar-refractivity contribution in [1.29, 1.82) is 0 Å². The van der Waals surface area contributed by atoms with Crippen LogP contribution in [0.4, 0.5) is 6.01 Å². The highest BCUT2D eigenvalue weighted by Gasteiger charge is 2.30. The Morgan fingerprint density at radius 2 is 1.92 bits per heavy atom. The van der Waals surface area contributed by atoms with Crippen LogP contribution in [0.5, 0.6) is 5.75 Å². The molecule has 9 nitrogen and oxygen atoms in total. The maximum Gasteiger partial charge on any atom is 0.324 e. The fraction of sp³-hybridized carbons (Fsp3) is 0.586. The predicted molar refractivity (Wildman–Crippen MR) is 146 cm³/mol. The second kappa shape index (κ2) is 12.0. The van der Waals surface area contributed by atoms with Gasteiger partial charge < -0.3 is 23.9 Å². The standard InChI is InChI=1S/C29H39N5O4/c1-20(2)27-30-29(38-32-27)33-15-12-21(13-16-33)19-37-26-10-8-23(9-11-26)22-4-6-24(7-5-22)28(35)34-17-14-25(18-34)31-36-3/h4,8-11,20-21,24H,5-7,12-19H2,1-3H3. The molecular weight excluding hydrogens is 482 g/mol. The second-order valence-electron chi connectivity index (χ2n) is 10.9. The third-order valence-electron chi connectivity index (χ3n) is 7.88. The Bertz CT molecular complexity index is 1150. The molecule has 1 atom stereocenters. The smallest absolute Gasteiger partial charge is 0.324 e. The fourth-order valence-corrected chi connectivity index (χ4v) is 5.47. The van der Waals surface area contributed by atoms with E-state index in [1.165, 1.54) is 11.1 Å². The lowest BCUT2D eigenvalue weighted by Gasteiger charge is -2.30.